The fourth-order valence-electron chi connectivity index (χ4n) is 2.06. The maximum Gasteiger partial charge on any atom is 0.302 e. The zero-order valence-corrected chi connectivity index (χ0v) is 12.5. The molecule has 1 rings (SSSR count). The molecule has 0 amide bonds. The molecule has 1 atom stereocenters. The van der Waals surface area contributed by atoms with Crippen LogP contribution in [0.1, 0.15) is 24.5 Å². The summed E-state index contributed by atoms with van der Waals surface area (Å²) in [5, 5.41) is 25.4. The van der Waals surface area contributed by atoms with E-state index in [-0.39, 0.29) is 23.1 Å². The van der Waals surface area contributed by atoms with Gasteiger partial charge in [-0.3, -0.25) is 20.2 Å². The first kappa shape index (κ1) is 16.8. The highest BCUT2D eigenvalue weighted by Crippen LogP contribution is 2.39. The molecule has 1 unspecified atom stereocenters. The van der Waals surface area contributed by atoms with Crippen LogP contribution in [0.15, 0.2) is 6.07 Å². The summed E-state index contributed by atoms with van der Waals surface area (Å²) in [6.07, 6.45) is 0.620. The van der Waals surface area contributed by atoms with Gasteiger partial charge in [0.05, 0.1) is 16.5 Å². The van der Waals surface area contributed by atoms with Gasteiger partial charge >= 0.3 is 5.69 Å². The number of hydrogen-bond acceptors (Lipinski definition) is 6. The van der Waals surface area contributed by atoms with Gasteiger partial charge in [-0.25, -0.2) is 0 Å². The summed E-state index contributed by atoms with van der Waals surface area (Å²) in [6, 6.07) is 1.11. The number of nitrogens with zero attached hydrogens (tertiary/aromatic N) is 2. The number of benzene rings is 1. The Kier molecular flexibility index (Phi) is 5.60. The zero-order valence-electron chi connectivity index (χ0n) is 12.5. The molecule has 0 heterocycles. The van der Waals surface area contributed by atoms with E-state index in [1.54, 1.807) is 13.8 Å². The van der Waals surface area contributed by atoms with Crippen LogP contribution < -0.4 is 5.32 Å². The van der Waals surface area contributed by atoms with Crippen molar-refractivity contribution < 1.29 is 14.6 Å². The van der Waals surface area contributed by atoms with E-state index in [9.17, 15) is 20.2 Å². The predicted molar refractivity (Wildman–Crippen MR) is 78.8 cm³/mol. The lowest BCUT2D eigenvalue weighted by Gasteiger charge is -2.18. The summed E-state index contributed by atoms with van der Waals surface area (Å²) < 4.78 is 5.02. The molecule has 0 aliphatic rings. The number of hydrogen-bond donors (Lipinski definition) is 1. The molecule has 1 aromatic carbocycles. The van der Waals surface area contributed by atoms with E-state index in [0.717, 1.165) is 0 Å². The number of nitrogens with one attached hydrogen (secondary N) is 1. The molecule has 1 N–H and O–H groups in total. The molecular weight excluding hydrogens is 278 g/mol. The second-order valence-corrected chi connectivity index (χ2v) is 4.78. The van der Waals surface area contributed by atoms with Gasteiger partial charge in [0.15, 0.2) is 5.69 Å². The summed E-state index contributed by atoms with van der Waals surface area (Å²) >= 11 is 0. The number of aryl methyl sites for hydroxylation is 1. The smallest absolute Gasteiger partial charge is 0.302 e. The largest absolute Gasteiger partial charge is 0.383 e. The van der Waals surface area contributed by atoms with Crippen LogP contribution in [0.4, 0.5) is 17.1 Å². The number of nitro benzene ring substituents is 2. The zero-order chi connectivity index (χ0) is 16.2. The molecule has 1 aromatic rings. The van der Waals surface area contributed by atoms with E-state index in [2.05, 4.69) is 5.32 Å². The monoisotopic (exact) mass is 297 g/mol. The van der Waals surface area contributed by atoms with Crippen molar-refractivity contribution in [3.63, 3.8) is 0 Å². The Hall–Kier alpha value is -2.22. The van der Waals surface area contributed by atoms with E-state index in [4.69, 9.17) is 4.74 Å². The standard InChI is InChI=1S/C13H19N3O5/c1-5-10(7-21-4)14-12-11(15(17)18)6-8(2)9(3)13(12)16(19)20/h6,10,14H,5,7H2,1-4H3. The Bertz CT molecular complexity index is 559. The van der Waals surface area contributed by atoms with Gasteiger partial charge in [0.1, 0.15) is 0 Å². The number of methoxy groups -OCH3 is 1. The van der Waals surface area contributed by atoms with Crippen molar-refractivity contribution in [3.8, 4) is 0 Å². The van der Waals surface area contributed by atoms with Crippen LogP contribution in [0.3, 0.4) is 0 Å². The summed E-state index contributed by atoms with van der Waals surface area (Å²) in [4.78, 5) is 21.3. The molecule has 0 fully saturated rings. The minimum absolute atomic E-state index is 0.0583. The Labute approximate surface area is 122 Å². The van der Waals surface area contributed by atoms with Crippen molar-refractivity contribution >= 4 is 17.1 Å². The molecular formula is C13H19N3O5. The maximum atomic E-state index is 11.3. The SMILES string of the molecule is CCC(COC)Nc1c([N+](=O)[O-])cc(C)c(C)c1[N+](=O)[O-]. The van der Waals surface area contributed by atoms with Gasteiger partial charge < -0.3 is 10.1 Å². The third kappa shape index (κ3) is 3.66. The molecule has 0 aromatic heterocycles. The molecule has 0 bridgehead atoms. The van der Waals surface area contributed by atoms with Crippen molar-refractivity contribution in [2.24, 2.45) is 0 Å². The minimum atomic E-state index is -0.610. The fourth-order valence-corrected chi connectivity index (χ4v) is 2.06. The Morgan fingerprint density at radius 2 is 1.90 bits per heavy atom. The lowest BCUT2D eigenvalue weighted by molar-refractivity contribution is -0.392. The molecule has 21 heavy (non-hydrogen) atoms. The van der Waals surface area contributed by atoms with Gasteiger partial charge in [0.25, 0.3) is 5.69 Å². The van der Waals surface area contributed by atoms with E-state index < -0.39 is 9.85 Å². The summed E-state index contributed by atoms with van der Waals surface area (Å²) in [7, 11) is 1.51. The highest BCUT2D eigenvalue weighted by molar-refractivity contribution is 5.78. The number of ether oxygens (including phenoxy) is 1. The normalized spacial score (nSPS) is 12.0. The lowest BCUT2D eigenvalue weighted by Crippen LogP contribution is -2.25. The predicted octanol–water partition coefficient (Wildman–Crippen LogP) is 2.96. The van der Waals surface area contributed by atoms with Gasteiger partial charge in [0, 0.05) is 24.8 Å². The van der Waals surface area contributed by atoms with Crippen LogP contribution in [-0.4, -0.2) is 29.6 Å². The van der Waals surface area contributed by atoms with Crippen molar-refractivity contribution in [2.75, 3.05) is 19.0 Å². The number of nitro groups is 2. The van der Waals surface area contributed by atoms with Crippen LogP contribution >= 0.6 is 0 Å². The molecule has 0 aliphatic carbocycles. The molecule has 8 heteroatoms. The molecule has 0 saturated carbocycles. The molecule has 0 aliphatic heterocycles. The van der Waals surface area contributed by atoms with Gasteiger partial charge in [-0.05, 0) is 25.8 Å². The van der Waals surface area contributed by atoms with Crippen LogP contribution in [-0.2, 0) is 4.74 Å². The first-order valence-electron chi connectivity index (χ1n) is 6.51. The highest BCUT2D eigenvalue weighted by atomic mass is 16.6. The molecule has 116 valence electrons. The third-order valence-electron chi connectivity index (χ3n) is 3.38. The maximum absolute atomic E-state index is 11.3. The first-order valence-corrected chi connectivity index (χ1v) is 6.51. The van der Waals surface area contributed by atoms with Gasteiger partial charge in [-0.1, -0.05) is 6.92 Å². The van der Waals surface area contributed by atoms with Gasteiger partial charge in [-0.2, -0.15) is 0 Å². The second-order valence-electron chi connectivity index (χ2n) is 4.78. The fraction of sp³-hybridized carbons (Fsp3) is 0.538. The van der Waals surface area contributed by atoms with Gasteiger partial charge in [0.2, 0.25) is 0 Å². The van der Waals surface area contributed by atoms with Crippen molar-refractivity contribution in [2.45, 2.75) is 33.2 Å². The van der Waals surface area contributed by atoms with Crippen LogP contribution in [0.2, 0.25) is 0 Å². The van der Waals surface area contributed by atoms with Crippen molar-refractivity contribution in [1.82, 2.24) is 0 Å². The summed E-state index contributed by atoms with van der Waals surface area (Å²) in [5.41, 5.74) is 0.326. The van der Waals surface area contributed by atoms with E-state index >= 15 is 0 Å². The Morgan fingerprint density at radius 3 is 2.33 bits per heavy atom. The van der Waals surface area contributed by atoms with Crippen LogP contribution in [0.25, 0.3) is 0 Å². The first-order chi connectivity index (χ1) is 9.83. The molecule has 0 saturated heterocycles. The van der Waals surface area contributed by atoms with Crippen molar-refractivity contribution in [1.29, 1.82) is 0 Å². The second kappa shape index (κ2) is 6.98. The highest BCUT2D eigenvalue weighted by Gasteiger charge is 2.30. The minimum Gasteiger partial charge on any atom is -0.383 e. The molecule has 8 nitrogen and oxygen atoms in total. The van der Waals surface area contributed by atoms with E-state index in [1.807, 2.05) is 6.92 Å². The average molecular weight is 297 g/mol. The average Bonchev–Trinajstić information content (AvgIpc) is 2.41. The van der Waals surface area contributed by atoms with Crippen molar-refractivity contribution in [3.05, 3.63) is 37.4 Å². The van der Waals surface area contributed by atoms with Gasteiger partial charge in [-0.15, -0.1) is 0 Å². The quantitative estimate of drug-likeness (QED) is 0.612. The number of anilines is 1. The molecule has 0 spiro atoms. The summed E-state index contributed by atoms with van der Waals surface area (Å²) in [5.74, 6) is 0. The third-order valence-corrected chi connectivity index (χ3v) is 3.38. The van der Waals surface area contributed by atoms with Crippen LogP contribution in [0, 0.1) is 34.1 Å². The Morgan fingerprint density at radius 1 is 1.29 bits per heavy atom. The van der Waals surface area contributed by atoms with E-state index in [0.29, 0.717) is 24.2 Å². The van der Waals surface area contributed by atoms with Crippen LogP contribution in [0.5, 0.6) is 0 Å². The summed E-state index contributed by atoms with van der Waals surface area (Å²) in [6.45, 7) is 5.37. The number of rotatable bonds is 7. The Balaban J connectivity index is 3.47. The topological polar surface area (TPSA) is 108 Å². The molecule has 0 radical (unpaired) electrons. The van der Waals surface area contributed by atoms with E-state index in [1.165, 1.54) is 13.2 Å². The lowest BCUT2D eigenvalue weighted by atomic mass is 10.0.